The second-order valence-electron chi connectivity index (χ2n) is 4.09. The zero-order valence-corrected chi connectivity index (χ0v) is 9.74. The molecule has 0 unspecified atom stereocenters. The molecule has 2 N–H and O–H groups in total. The minimum absolute atomic E-state index is 0.527. The van der Waals surface area contributed by atoms with Crippen LogP contribution in [0, 0.1) is 0 Å². The maximum atomic E-state index is 5.96. The van der Waals surface area contributed by atoms with Crippen molar-refractivity contribution in [3.63, 3.8) is 0 Å². The molecule has 0 radical (unpaired) electrons. The number of nitrogen functional groups attached to an aromatic ring is 1. The Hall–Kier alpha value is -1.22. The lowest BCUT2D eigenvalue weighted by Crippen LogP contribution is -2.15. The maximum Gasteiger partial charge on any atom is 0.145 e. The lowest BCUT2D eigenvalue weighted by Gasteiger charge is -2.25. The van der Waals surface area contributed by atoms with E-state index in [1.807, 2.05) is 19.1 Å². The van der Waals surface area contributed by atoms with Gasteiger partial charge in [-0.3, -0.25) is 0 Å². The summed E-state index contributed by atoms with van der Waals surface area (Å²) in [6.45, 7) is 4.32. The van der Waals surface area contributed by atoms with Gasteiger partial charge in [-0.25, -0.2) is 0 Å². The summed E-state index contributed by atoms with van der Waals surface area (Å²) in [5.41, 5.74) is 7.94. The van der Waals surface area contributed by atoms with Crippen LogP contribution in [0.2, 0.25) is 0 Å². The van der Waals surface area contributed by atoms with E-state index in [0.29, 0.717) is 12.5 Å². The number of para-hydroxylation sites is 1. The molecule has 0 amide bonds. The summed E-state index contributed by atoms with van der Waals surface area (Å²) in [7, 11) is 0. The highest BCUT2D eigenvalue weighted by Crippen LogP contribution is 2.37. The zero-order chi connectivity index (χ0) is 11.4. The van der Waals surface area contributed by atoms with Gasteiger partial charge in [0.05, 0.1) is 12.3 Å². The van der Waals surface area contributed by atoms with Gasteiger partial charge in [0.25, 0.3) is 0 Å². The molecule has 0 spiro atoms. The molecule has 1 aromatic rings. The van der Waals surface area contributed by atoms with Gasteiger partial charge in [0.1, 0.15) is 5.75 Å². The van der Waals surface area contributed by atoms with E-state index in [2.05, 4.69) is 6.07 Å². The van der Waals surface area contributed by atoms with Crippen LogP contribution in [0.5, 0.6) is 5.75 Å². The first kappa shape index (κ1) is 11.3. The molecule has 16 heavy (non-hydrogen) atoms. The maximum absolute atomic E-state index is 5.96. The van der Waals surface area contributed by atoms with Crippen LogP contribution in [0.3, 0.4) is 0 Å². The fourth-order valence-electron chi connectivity index (χ4n) is 2.21. The van der Waals surface area contributed by atoms with Crippen LogP contribution in [0.4, 0.5) is 5.69 Å². The van der Waals surface area contributed by atoms with Crippen LogP contribution in [0.1, 0.15) is 31.2 Å². The lowest BCUT2D eigenvalue weighted by atomic mass is 9.90. The van der Waals surface area contributed by atoms with E-state index in [4.69, 9.17) is 15.2 Å². The number of anilines is 1. The molecule has 0 saturated carbocycles. The van der Waals surface area contributed by atoms with Crippen molar-refractivity contribution >= 4 is 5.69 Å². The first-order chi connectivity index (χ1) is 7.83. The van der Waals surface area contributed by atoms with Crippen LogP contribution < -0.4 is 10.5 Å². The highest BCUT2D eigenvalue weighted by molar-refractivity contribution is 5.57. The van der Waals surface area contributed by atoms with Crippen LogP contribution in [-0.2, 0) is 4.74 Å². The van der Waals surface area contributed by atoms with E-state index in [-0.39, 0.29) is 0 Å². The minimum Gasteiger partial charge on any atom is -0.491 e. The normalized spacial score (nSPS) is 17.3. The Labute approximate surface area is 96.5 Å². The summed E-state index contributed by atoms with van der Waals surface area (Å²) in [4.78, 5) is 0. The average molecular weight is 221 g/mol. The molecule has 1 fully saturated rings. The summed E-state index contributed by atoms with van der Waals surface area (Å²) in [5, 5.41) is 0. The van der Waals surface area contributed by atoms with E-state index in [1.165, 1.54) is 5.56 Å². The molecular formula is C13H19NO2. The number of rotatable bonds is 3. The molecular weight excluding hydrogens is 202 g/mol. The number of hydrogen-bond acceptors (Lipinski definition) is 3. The Morgan fingerprint density at radius 2 is 2.12 bits per heavy atom. The topological polar surface area (TPSA) is 44.5 Å². The molecule has 1 saturated heterocycles. The summed E-state index contributed by atoms with van der Waals surface area (Å²) in [5.74, 6) is 1.40. The summed E-state index contributed by atoms with van der Waals surface area (Å²) < 4.78 is 11.0. The Morgan fingerprint density at radius 3 is 2.81 bits per heavy atom. The van der Waals surface area contributed by atoms with Crippen LogP contribution >= 0.6 is 0 Å². The Bertz CT molecular complexity index is 346. The number of nitrogens with two attached hydrogens (primary N) is 1. The molecule has 1 aromatic carbocycles. The van der Waals surface area contributed by atoms with Crippen LogP contribution in [0.25, 0.3) is 0 Å². The highest BCUT2D eigenvalue weighted by atomic mass is 16.5. The quantitative estimate of drug-likeness (QED) is 0.798. The minimum atomic E-state index is 0.527. The van der Waals surface area contributed by atoms with Crippen molar-refractivity contribution in [3.8, 4) is 5.75 Å². The largest absolute Gasteiger partial charge is 0.491 e. The molecule has 0 bridgehead atoms. The predicted molar refractivity (Wildman–Crippen MR) is 64.8 cm³/mol. The highest BCUT2D eigenvalue weighted by Gasteiger charge is 2.20. The van der Waals surface area contributed by atoms with Gasteiger partial charge in [0, 0.05) is 13.2 Å². The molecule has 0 atom stereocenters. The number of hydrogen-bond donors (Lipinski definition) is 1. The fraction of sp³-hybridized carbons (Fsp3) is 0.538. The predicted octanol–water partition coefficient (Wildman–Crippen LogP) is 2.56. The molecule has 0 aromatic heterocycles. The molecule has 1 aliphatic heterocycles. The smallest absolute Gasteiger partial charge is 0.145 e. The van der Waals surface area contributed by atoms with E-state index in [0.717, 1.165) is 37.5 Å². The number of ether oxygens (including phenoxy) is 2. The second kappa shape index (κ2) is 5.21. The van der Waals surface area contributed by atoms with Gasteiger partial charge in [-0.05, 0) is 37.3 Å². The van der Waals surface area contributed by atoms with Gasteiger partial charge >= 0.3 is 0 Å². The van der Waals surface area contributed by atoms with Gasteiger partial charge in [-0.1, -0.05) is 12.1 Å². The van der Waals surface area contributed by atoms with E-state index in [9.17, 15) is 0 Å². The Kier molecular flexibility index (Phi) is 3.67. The molecule has 3 nitrogen and oxygen atoms in total. The summed E-state index contributed by atoms with van der Waals surface area (Å²) in [6.07, 6.45) is 2.12. The summed E-state index contributed by atoms with van der Waals surface area (Å²) >= 11 is 0. The molecule has 2 rings (SSSR count). The number of benzene rings is 1. The van der Waals surface area contributed by atoms with Gasteiger partial charge < -0.3 is 15.2 Å². The fourth-order valence-corrected chi connectivity index (χ4v) is 2.21. The third-order valence-electron chi connectivity index (χ3n) is 3.03. The van der Waals surface area contributed by atoms with E-state index < -0.39 is 0 Å². The van der Waals surface area contributed by atoms with Gasteiger partial charge in [0.15, 0.2) is 0 Å². The Balaban J connectivity index is 2.27. The van der Waals surface area contributed by atoms with E-state index in [1.54, 1.807) is 0 Å². The third-order valence-corrected chi connectivity index (χ3v) is 3.03. The average Bonchev–Trinajstić information content (AvgIpc) is 2.33. The van der Waals surface area contributed by atoms with Crippen molar-refractivity contribution in [1.82, 2.24) is 0 Å². The molecule has 88 valence electrons. The zero-order valence-electron chi connectivity index (χ0n) is 9.74. The van der Waals surface area contributed by atoms with Crippen molar-refractivity contribution in [2.45, 2.75) is 25.7 Å². The molecule has 0 aliphatic carbocycles. The van der Waals surface area contributed by atoms with Crippen molar-refractivity contribution in [2.24, 2.45) is 0 Å². The van der Waals surface area contributed by atoms with Gasteiger partial charge in [0.2, 0.25) is 0 Å². The van der Waals surface area contributed by atoms with E-state index >= 15 is 0 Å². The summed E-state index contributed by atoms with van der Waals surface area (Å²) in [6, 6.07) is 6.02. The monoisotopic (exact) mass is 221 g/mol. The van der Waals surface area contributed by atoms with Gasteiger partial charge in [-0.15, -0.1) is 0 Å². The molecule has 1 heterocycles. The van der Waals surface area contributed by atoms with Crippen molar-refractivity contribution in [2.75, 3.05) is 25.6 Å². The van der Waals surface area contributed by atoms with Crippen molar-refractivity contribution in [3.05, 3.63) is 23.8 Å². The Morgan fingerprint density at radius 1 is 1.38 bits per heavy atom. The molecule has 1 aliphatic rings. The second-order valence-corrected chi connectivity index (χ2v) is 4.09. The van der Waals surface area contributed by atoms with Gasteiger partial charge in [-0.2, -0.15) is 0 Å². The first-order valence-corrected chi connectivity index (χ1v) is 5.92. The lowest BCUT2D eigenvalue weighted by molar-refractivity contribution is 0.0847. The van der Waals surface area contributed by atoms with Crippen molar-refractivity contribution < 1.29 is 9.47 Å². The van der Waals surface area contributed by atoms with Crippen LogP contribution in [0.15, 0.2) is 18.2 Å². The SMILES string of the molecule is CCOc1c(N)cccc1C1CCOCC1. The first-order valence-electron chi connectivity index (χ1n) is 5.92. The molecule has 3 heteroatoms. The standard InChI is InChI=1S/C13H19NO2/c1-2-16-13-11(4-3-5-12(13)14)10-6-8-15-9-7-10/h3-5,10H,2,6-9,14H2,1H3. The van der Waals surface area contributed by atoms with Crippen molar-refractivity contribution in [1.29, 1.82) is 0 Å². The van der Waals surface area contributed by atoms with Crippen LogP contribution in [-0.4, -0.2) is 19.8 Å². The third kappa shape index (κ3) is 2.30.